The molecular formula is C6H12F2N2. The first-order valence-electron chi connectivity index (χ1n) is 3.33. The minimum atomic E-state index is -2.52. The molecule has 1 heterocycles. The number of nitrogens with two attached hydrogens (primary N) is 1. The molecule has 0 aromatic heterocycles. The number of alkyl halides is 2. The molecular weight excluding hydrogens is 138 g/mol. The van der Waals surface area contributed by atoms with Gasteiger partial charge < -0.3 is 5.73 Å². The van der Waals surface area contributed by atoms with Crippen LogP contribution in [0.1, 0.15) is 6.42 Å². The Kier molecular flexibility index (Phi) is 1.92. The second-order valence-corrected chi connectivity index (χ2v) is 2.86. The van der Waals surface area contributed by atoms with Crippen LogP contribution < -0.4 is 5.73 Å². The van der Waals surface area contributed by atoms with Crippen LogP contribution in [0.4, 0.5) is 8.78 Å². The predicted octanol–water partition coefficient (Wildman–Crippen LogP) is 0.285. The standard InChI is InChI=1S/C6H12F2N2/c1-10-4-6(7,8)2-5(10)3-9/h5H,2-4,9H2,1H3. The Balaban J connectivity index is 2.52. The van der Waals surface area contributed by atoms with Gasteiger partial charge in [-0.1, -0.05) is 0 Å². The monoisotopic (exact) mass is 150 g/mol. The molecule has 1 aliphatic heterocycles. The molecule has 1 unspecified atom stereocenters. The molecule has 0 amide bonds. The summed E-state index contributed by atoms with van der Waals surface area (Å²) in [6, 6.07) is -0.130. The van der Waals surface area contributed by atoms with Crippen molar-refractivity contribution in [3.05, 3.63) is 0 Å². The van der Waals surface area contributed by atoms with Gasteiger partial charge in [-0.05, 0) is 7.05 Å². The van der Waals surface area contributed by atoms with Gasteiger partial charge in [-0.2, -0.15) is 0 Å². The van der Waals surface area contributed by atoms with Gasteiger partial charge in [-0.15, -0.1) is 0 Å². The summed E-state index contributed by atoms with van der Waals surface area (Å²) in [4.78, 5) is 1.61. The van der Waals surface area contributed by atoms with Crippen LogP contribution in [0.25, 0.3) is 0 Å². The van der Waals surface area contributed by atoms with E-state index in [1.54, 1.807) is 11.9 Å². The molecule has 0 aliphatic carbocycles. The zero-order valence-electron chi connectivity index (χ0n) is 5.98. The average Bonchev–Trinajstić information content (AvgIpc) is 2.05. The normalized spacial score (nSPS) is 33.0. The minimum absolute atomic E-state index is 0.0833. The van der Waals surface area contributed by atoms with Gasteiger partial charge in [0.25, 0.3) is 5.92 Å². The van der Waals surface area contributed by atoms with E-state index in [2.05, 4.69) is 0 Å². The first-order valence-corrected chi connectivity index (χ1v) is 3.33. The van der Waals surface area contributed by atoms with Crippen LogP contribution in [0.15, 0.2) is 0 Å². The van der Waals surface area contributed by atoms with Crippen LogP contribution in [0.3, 0.4) is 0 Å². The van der Waals surface area contributed by atoms with Crippen LogP contribution in [0, 0.1) is 0 Å². The molecule has 2 N–H and O–H groups in total. The number of nitrogens with zero attached hydrogens (tertiary/aromatic N) is 1. The smallest absolute Gasteiger partial charge is 0.262 e. The van der Waals surface area contributed by atoms with Crippen molar-refractivity contribution >= 4 is 0 Å². The van der Waals surface area contributed by atoms with E-state index in [0.29, 0.717) is 6.54 Å². The van der Waals surface area contributed by atoms with E-state index in [0.717, 1.165) is 0 Å². The number of rotatable bonds is 1. The molecule has 0 radical (unpaired) electrons. The molecule has 0 aromatic carbocycles. The Morgan fingerprint density at radius 3 is 2.50 bits per heavy atom. The summed E-state index contributed by atoms with van der Waals surface area (Å²) >= 11 is 0. The Bertz CT molecular complexity index is 127. The highest BCUT2D eigenvalue weighted by Crippen LogP contribution is 2.29. The zero-order chi connectivity index (χ0) is 7.78. The Morgan fingerprint density at radius 1 is 1.70 bits per heavy atom. The fourth-order valence-corrected chi connectivity index (χ4v) is 1.32. The highest BCUT2D eigenvalue weighted by Gasteiger charge is 2.42. The third kappa shape index (κ3) is 1.44. The molecule has 0 bridgehead atoms. The molecule has 0 aromatic rings. The van der Waals surface area contributed by atoms with Crippen LogP contribution in [-0.4, -0.2) is 37.0 Å². The topological polar surface area (TPSA) is 29.3 Å². The van der Waals surface area contributed by atoms with E-state index in [1.165, 1.54) is 0 Å². The van der Waals surface area contributed by atoms with Crippen molar-refractivity contribution in [2.75, 3.05) is 20.1 Å². The molecule has 1 saturated heterocycles. The molecule has 0 saturated carbocycles. The lowest BCUT2D eigenvalue weighted by atomic mass is 10.2. The lowest BCUT2D eigenvalue weighted by molar-refractivity contribution is 0.0141. The molecule has 4 heteroatoms. The predicted molar refractivity (Wildman–Crippen MR) is 35.0 cm³/mol. The summed E-state index contributed by atoms with van der Waals surface area (Å²) in [6.07, 6.45) is -0.0833. The lowest BCUT2D eigenvalue weighted by Gasteiger charge is -2.14. The fraction of sp³-hybridized carbons (Fsp3) is 1.00. The van der Waals surface area contributed by atoms with Crippen LogP contribution in [-0.2, 0) is 0 Å². The molecule has 1 fully saturated rings. The van der Waals surface area contributed by atoms with Gasteiger partial charge in [-0.25, -0.2) is 8.78 Å². The molecule has 0 spiro atoms. The summed E-state index contributed by atoms with van der Waals surface area (Å²) in [6.45, 7) is 0.182. The number of likely N-dealkylation sites (N-methyl/N-ethyl adjacent to an activating group) is 1. The largest absolute Gasteiger partial charge is 0.329 e. The van der Waals surface area contributed by atoms with Crippen molar-refractivity contribution in [1.82, 2.24) is 4.90 Å². The van der Waals surface area contributed by atoms with E-state index in [9.17, 15) is 8.78 Å². The van der Waals surface area contributed by atoms with Gasteiger partial charge in [0.1, 0.15) is 0 Å². The van der Waals surface area contributed by atoms with Gasteiger partial charge in [0.05, 0.1) is 6.54 Å². The molecule has 1 aliphatic rings. The third-order valence-corrected chi connectivity index (χ3v) is 1.91. The van der Waals surface area contributed by atoms with Crippen LogP contribution in [0.2, 0.25) is 0 Å². The van der Waals surface area contributed by atoms with Gasteiger partial charge in [-0.3, -0.25) is 4.90 Å². The highest BCUT2D eigenvalue weighted by atomic mass is 19.3. The first kappa shape index (κ1) is 7.88. The van der Waals surface area contributed by atoms with Gasteiger partial charge in [0, 0.05) is 19.0 Å². The summed E-state index contributed by atoms with van der Waals surface area (Å²) < 4.78 is 25.1. The average molecular weight is 150 g/mol. The second-order valence-electron chi connectivity index (χ2n) is 2.86. The maximum atomic E-state index is 12.5. The number of halogens is 2. The summed E-state index contributed by atoms with van der Waals surface area (Å²) in [5.74, 6) is -2.52. The quantitative estimate of drug-likeness (QED) is 0.582. The van der Waals surface area contributed by atoms with Crippen LogP contribution >= 0.6 is 0 Å². The number of hydrogen-bond donors (Lipinski definition) is 1. The Labute approximate surface area is 59.0 Å². The van der Waals surface area contributed by atoms with Gasteiger partial charge in [0.15, 0.2) is 0 Å². The van der Waals surface area contributed by atoms with Crippen molar-refractivity contribution in [3.63, 3.8) is 0 Å². The first-order chi connectivity index (χ1) is 4.55. The van der Waals surface area contributed by atoms with Crippen molar-refractivity contribution in [3.8, 4) is 0 Å². The minimum Gasteiger partial charge on any atom is -0.329 e. The maximum absolute atomic E-state index is 12.5. The van der Waals surface area contributed by atoms with Crippen molar-refractivity contribution < 1.29 is 8.78 Å². The summed E-state index contributed by atoms with van der Waals surface area (Å²) in [5.41, 5.74) is 5.27. The maximum Gasteiger partial charge on any atom is 0.262 e. The lowest BCUT2D eigenvalue weighted by Crippen LogP contribution is -2.31. The molecule has 2 nitrogen and oxygen atoms in total. The fourth-order valence-electron chi connectivity index (χ4n) is 1.32. The van der Waals surface area contributed by atoms with E-state index in [4.69, 9.17) is 5.73 Å². The molecule has 10 heavy (non-hydrogen) atoms. The van der Waals surface area contributed by atoms with Crippen LogP contribution in [0.5, 0.6) is 0 Å². The van der Waals surface area contributed by atoms with Crippen molar-refractivity contribution in [2.45, 2.75) is 18.4 Å². The van der Waals surface area contributed by atoms with E-state index >= 15 is 0 Å². The van der Waals surface area contributed by atoms with Crippen molar-refractivity contribution in [2.24, 2.45) is 5.73 Å². The number of hydrogen-bond acceptors (Lipinski definition) is 2. The third-order valence-electron chi connectivity index (χ3n) is 1.91. The Morgan fingerprint density at radius 2 is 2.30 bits per heavy atom. The second kappa shape index (κ2) is 2.43. The molecule has 60 valence electrons. The van der Waals surface area contributed by atoms with E-state index in [1.807, 2.05) is 0 Å². The summed E-state index contributed by atoms with van der Waals surface area (Å²) in [5, 5.41) is 0. The Hall–Kier alpha value is -0.220. The van der Waals surface area contributed by atoms with E-state index in [-0.39, 0.29) is 19.0 Å². The highest BCUT2D eigenvalue weighted by molar-refractivity contribution is 4.88. The number of likely N-dealkylation sites (tertiary alicyclic amines) is 1. The summed E-state index contributed by atoms with van der Waals surface area (Å²) in [7, 11) is 1.68. The molecule has 1 rings (SSSR count). The molecule has 1 atom stereocenters. The van der Waals surface area contributed by atoms with Gasteiger partial charge in [0.2, 0.25) is 0 Å². The SMILES string of the molecule is CN1CC(F)(F)CC1CN. The van der Waals surface area contributed by atoms with E-state index < -0.39 is 5.92 Å². The zero-order valence-corrected chi connectivity index (χ0v) is 5.98. The van der Waals surface area contributed by atoms with Gasteiger partial charge >= 0.3 is 0 Å². The van der Waals surface area contributed by atoms with Crippen molar-refractivity contribution in [1.29, 1.82) is 0 Å².